The van der Waals surface area contributed by atoms with Crippen molar-refractivity contribution in [1.29, 1.82) is 0 Å². The van der Waals surface area contributed by atoms with E-state index in [0.29, 0.717) is 5.69 Å². The predicted octanol–water partition coefficient (Wildman–Crippen LogP) is -0.154. The van der Waals surface area contributed by atoms with Gasteiger partial charge < -0.3 is 20.8 Å². The Kier molecular flexibility index (Phi) is 3.64. The van der Waals surface area contributed by atoms with Crippen molar-refractivity contribution in [2.24, 2.45) is 0 Å². The fraction of sp³-hybridized carbons (Fsp3) is 0.308. The van der Waals surface area contributed by atoms with E-state index in [2.05, 4.69) is 0 Å². The summed E-state index contributed by atoms with van der Waals surface area (Å²) in [5.74, 6) is -0.229. The molecule has 0 saturated carbocycles. The number of nitrogen functional groups attached to an aromatic ring is 1. The van der Waals surface area contributed by atoms with Crippen molar-refractivity contribution in [3.05, 3.63) is 35.9 Å². The second kappa shape index (κ2) is 5.20. The van der Waals surface area contributed by atoms with Gasteiger partial charge in [0.15, 0.2) is 0 Å². The molecule has 1 aromatic rings. The Balaban J connectivity index is 1.99. The standard InChI is InChI=1S/C13H16N2O3/c14-10-3-1-2-9(6-10)4-5-13(18)15-7-11(16)12(17)8-15/h1-6,11-12,16-17H,7-8,14H2/b5-4+. The highest BCUT2D eigenvalue weighted by Gasteiger charge is 2.31. The van der Waals surface area contributed by atoms with Gasteiger partial charge in [0.25, 0.3) is 0 Å². The van der Waals surface area contributed by atoms with Crippen molar-refractivity contribution in [3.8, 4) is 0 Å². The quantitative estimate of drug-likeness (QED) is 0.501. The third-order valence-corrected chi connectivity index (χ3v) is 2.90. The monoisotopic (exact) mass is 248 g/mol. The number of carbonyl (C=O) groups is 1. The molecular weight excluding hydrogens is 232 g/mol. The Hall–Kier alpha value is -1.85. The van der Waals surface area contributed by atoms with Crippen molar-refractivity contribution in [1.82, 2.24) is 4.90 Å². The van der Waals surface area contributed by atoms with E-state index in [-0.39, 0.29) is 19.0 Å². The van der Waals surface area contributed by atoms with Crippen LogP contribution in [0.2, 0.25) is 0 Å². The Morgan fingerprint density at radius 1 is 1.33 bits per heavy atom. The number of hydrogen-bond acceptors (Lipinski definition) is 4. The minimum atomic E-state index is -0.852. The molecule has 1 aliphatic rings. The van der Waals surface area contributed by atoms with Gasteiger partial charge in [0.05, 0.1) is 12.2 Å². The SMILES string of the molecule is Nc1cccc(/C=C/C(=O)N2CC(O)C(O)C2)c1. The number of nitrogens with two attached hydrogens (primary N) is 1. The van der Waals surface area contributed by atoms with Crippen LogP contribution in [0.15, 0.2) is 30.3 Å². The summed E-state index contributed by atoms with van der Waals surface area (Å²) in [6.45, 7) is 0.336. The Bertz CT molecular complexity index is 463. The van der Waals surface area contributed by atoms with Crippen molar-refractivity contribution in [3.63, 3.8) is 0 Å². The molecule has 1 fully saturated rings. The highest BCUT2D eigenvalue weighted by atomic mass is 16.3. The van der Waals surface area contributed by atoms with Crippen LogP contribution in [0.5, 0.6) is 0 Å². The third kappa shape index (κ3) is 2.88. The number of β-amino-alcohol motifs (C(OH)–C–C–N with tert-alkyl or cyclic N) is 2. The van der Waals surface area contributed by atoms with Crippen LogP contribution in [-0.4, -0.2) is 46.3 Å². The zero-order valence-electron chi connectivity index (χ0n) is 9.86. The van der Waals surface area contributed by atoms with Crippen LogP contribution in [0.4, 0.5) is 5.69 Å². The minimum Gasteiger partial charge on any atom is -0.399 e. The summed E-state index contributed by atoms with van der Waals surface area (Å²) >= 11 is 0. The molecule has 1 aromatic carbocycles. The first-order valence-electron chi connectivity index (χ1n) is 5.75. The first kappa shape index (κ1) is 12.6. The van der Waals surface area contributed by atoms with Gasteiger partial charge in [-0.3, -0.25) is 4.79 Å². The van der Waals surface area contributed by atoms with E-state index in [4.69, 9.17) is 5.73 Å². The van der Waals surface area contributed by atoms with Crippen LogP contribution in [0.25, 0.3) is 6.08 Å². The molecule has 96 valence electrons. The lowest BCUT2D eigenvalue weighted by Gasteiger charge is -2.12. The van der Waals surface area contributed by atoms with Crippen molar-refractivity contribution < 1.29 is 15.0 Å². The van der Waals surface area contributed by atoms with Crippen molar-refractivity contribution in [2.75, 3.05) is 18.8 Å². The Labute approximate surface area is 105 Å². The zero-order valence-corrected chi connectivity index (χ0v) is 9.86. The normalized spacial score (nSPS) is 23.8. The predicted molar refractivity (Wildman–Crippen MR) is 68.5 cm³/mol. The summed E-state index contributed by atoms with van der Waals surface area (Å²) in [7, 11) is 0. The molecule has 1 aliphatic heterocycles. The maximum absolute atomic E-state index is 11.8. The van der Waals surface area contributed by atoms with Crippen LogP contribution >= 0.6 is 0 Å². The van der Waals surface area contributed by atoms with Crippen molar-refractivity contribution >= 4 is 17.7 Å². The number of anilines is 1. The molecule has 2 unspecified atom stereocenters. The smallest absolute Gasteiger partial charge is 0.246 e. The minimum absolute atomic E-state index is 0.168. The van der Waals surface area contributed by atoms with Crippen molar-refractivity contribution in [2.45, 2.75) is 12.2 Å². The van der Waals surface area contributed by atoms with E-state index in [1.54, 1.807) is 18.2 Å². The summed E-state index contributed by atoms with van der Waals surface area (Å²) in [6.07, 6.45) is 1.37. The second-order valence-corrected chi connectivity index (χ2v) is 4.38. The van der Waals surface area contributed by atoms with Gasteiger partial charge >= 0.3 is 0 Å². The van der Waals surface area contributed by atoms with E-state index < -0.39 is 12.2 Å². The largest absolute Gasteiger partial charge is 0.399 e. The lowest BCUT2D eigenvalue weighted by atomic mass is 10.2. The van der Waals surface area contributed by atoms with Crippen LogP contribution in [0.1, 0.15) is 5.56 Å². The van der Waals surface area contributed by atoms with Gasteiger partial charge in [0.2, 0.25) is 5.91 Å². The number of amides is 1. The van der Waals surface area contributed by atoms with E-state index in [9.17, 15) is 15.0 Å². The third-order valence-electron chi connectivity index (χ3n) is 2.90. The highest BCUT2D eigenvalue weighted by molar-refractivity contribution is 5.92. The molecular formula is C13H16N2O3. The Morgan fingerprint density at radius 2 is 2.00 bits per heavy atom. The maximum Gasteiger partial charge on any atom is 0.246 e. The van der Waals surface area contributed by atoms with Crippen LogP contribution in [0.3, 0.4) is 0 Å². The fourth-order valence-electron chi connectivity index (χ4n) is 1.89. The molecule has 2 rings (SSSR count). The molecule has 0 aromatic heterocycles. The van der Waals surface area contributed by atoms with Gasteiger partial charge in [-0.25, -0.2) is 0 Å². The molecule has 4 N–H and O–H groups in total. The van der Waals surface area contributed by atoms with Crippen LogP contribution in [0, 0.1) is 0 Å². The van der Waals surface area contributed by atoms with Crippen LogP contribution in [-0.2, 0) is 4.79 Å². The Morgan fingerprint density at radius 3 is 2.61 bits per heavy atom. The van der Waals surface area contributed by atoms with Gasteiger partial charge in [-0.05, 0) is 23.8 Å². The fourth-order valence-corrected chi connectivity index (χ4v) is 1.89. The lowest BCUT2D eigenvalue weighted by molar-refractivity contribution is -0.125. The first-order chi connectivity index (χ1) is 8.56. The average molecular weight is 248 g/mol. The highest BCUT2D eigenvalue weighted by Crippen LogP contribution is 2.12. The van der Waals surface area contributed by atoms with E-state index in [1.807, 2.05) is 12.1 Å². The summed E-state index contributed by atoms with van der Waals surface area (Å²) in [5.41, 5.74) is 7.10. The number of aliphatic hydroxyl groups is 2. The molecule has 0 aliphatic carbocycles. The summed E-state index contributed by atoms with van der Waals surface area (Å²) in [5, 5.41) is 18.7. The molecule has 0 bridgehead atoms. The van der Waals surface area contributed by atoms with Gasteiger partial charge in [-0.15, -0.1) is 0 Å². The average Bonchev–Trinajstić information content (AvgIpc) is 2.67. The van der Waals surface area contributed by atoms with E-state index >= 15 is 0 Å². The molecule has 2 atom stereocenters. The summed E-state index contributed by atoms with van der Waals surface area (Å²) < 4.78 is 0. The van der Waals surface area contributed by atoms with Gasteiger partial charge in [0, 0.05) is 24.9 Å². The van der Waals surface area contributed by atoms with Gasteiger partial charge in [-0.2, -0.15) is 0 Å². The number of aliphatic hydroxyl groups excluding tert-OH is 2. The number of carbonyl (C=O) groups excluding carboxylic acids is 1. The first-order valence-corrected chi connectivity index (χ1v) is 5.75. The number of likely N-dealkylation sites (tertiary alicyclic amines) is 1. The summed E-state index contributed by atoms with van der Waals surface area (Å²) in [4.78, 5) is 13.2. The molecule has 5 heteroatoms. The molecule has 1 amide bonds. The van der Waals surface area contributed by atoms with E-state index in [1.165, 1.54) is 11.0 Å². The number of rotatable bonds is 2. The topological polar surface area (TPSA) is 86.8 Å². The zero-order chi connectivity index (χ0) is 13.1. The van der Waals surface area contributed by atoms with Crippen LogP contribution < -0.4 is 5.73 Å². The molecule has 18 heavy (non-hydrogen) atoms. The van der Waals surface area contributed by atoms with Gasteiger partial charge in [0.1, 0.15) is 0 Å². The molecule has 0 spiro atoms. The molecule has 0 radical (unpaired) electrons. The van der Waals surface area contributed by atoms with E-state index in [0.717, 1.165) is 5.56 Å². The molecule has 5 nitrogen and oxygen atoms in total. The lowest BCUT2D eigenvalue weighted by Crippen LogP contribution is -2.27. The second-order valence-electron chi connectivity index (χ2n) is 4.38. The number of benzene rings is 1. The molecule has 1 heterocycles. The maximum atomic E-state index is 11.8. The molecule has 1 saturated heterocycles. The van der Waals surface area contributed by atoms with Gasteiger partial charge in [-0.1, -0.05) is 12.1 Å². The summed E-state index contributed by atoms with van der Waals surface area (Å²) in [6, 6.07) is 7.18. The number of nitrogens with zero attached hydrogens (tertiary/aromatic N) is 1. The number of hydrogen-bond donors (Lipinski definition) is 3.